The second-order valence-electron chi connectivity index (χ2n) is 5.09. The molecule has 2 atom stereocenters. The molecule has 0 radical (unpaired) electrons. The first-order chi connectivity index (χ1) is 11.9. The molecule has 1 unspecified atom stereocenters. The zero-order chi connectivity index (χ0) is 18.1. The lowest BCUT2D eigenvalue weighted by molar-refractivity contribution is -0.147. The van der Waals surface area contributed by atoms with Gasteiger partial charge in [0.1, 0.15) is 17.1 Å². The van der Waals surface area contributed by atoms with Gasteiger partial charge in [0.15, 0.2) is 5.16 Å². The average Bonchev–Trinajstić information content (AvgIpc) is 3.04. The van der Waals surface area contributed by atoms with Gasteiger partial charge in [-0.2, -0.15) is 4.98 Å². The Labute approximate surface area is 154 Å². The summed E-state index contributed by atoms with van der Waals surface area (Å²) < 4.78 is 0. The van der Waals surface area contributed by atoms with Crippen molar-refractivity contribution in [1.29, 1.82) is 0 Å². The number of carbonyl (C=O) groups excluding carboxylic acids is 1. The molecule has 3 heterocycles. The fraction of sp³-hybridized carbons (Fsp3) is 0.417. The van der Waals surface area contributed by atoms with Gasteiger partial charge in [-0.3, -0.25) is 19.6 Å². The number of aliphatic carboxylic acids is 2. The van der Waals surface area contributed by atoms with Gasteiger partial charge in [0, 0.05) is 11.5 Å². The van der Waals surface area contributed by atoms with Crippen LogP contribution in [0.25, 0.3) is 0 Å². The summed E-state index contributed by atoms with van der Waals surface area (Å²) >= 11 is 3.66. The molecule has 5 N–H and O–H groups in total. The van der Waals surface area contributed by atoms with Crippen LogP contribution < -0.4 is 5.73 Å². The fourth-order valence-electron chi connectivity index (χ4n) is 2.33. The van der Waals surface area contributed by atoms with Gasteiger partial charge in [-0.15, -0.1) is 16.9 Å². The van der Waals surface area contributed by atoms with E-state index in [1.54, 1.807) is 0 Å². The van der Waals surface area contributed by atoms with E-state index in [9.17, 15) is 19.5 Å². The highest BCUT2D eigenvalue weighted by Gasteiger charge is 2.51. The van der Waals surface area contributed by atoms with Gasteiger partial charge in [0.05, 0.1) is 5.75 Å². The third-order valence-electron chi connectivity index (χ3n) is 3.44. The van der Waals surface area contributed by atoms with Crippen molar-refractivity contribution >= 4 is 53.1 Å². The molecule has 0 aliphatic carbocycles. The second-order valence-corrected chi connectivity index (χ2v) is 8.10. The van der Waals surface area contributed by atoms with Crippen molar-refractivity contribution in [3.05, 3.63) is 11.3 Å². The van der Waals surface area contributed by atoms with E-state index in [0.29, 0.717) is 27.4 Å². The SMILES string of the molecule is NC1C(=O)N2C(C(=O)O)=C(CSc3n[nH]c(SCC(=O)O)n3)CS[C@@H]12. The summed E-state index contributed by atoms with van der Waals surface area (Å²) in [7, 11) is 0. The number of fused-ring (bicyclic) bond motifs is 1. The number of carboxylic acids is 2. The van der Waals surface area contributed by atoms with Gasteiger partial charge in [-0.25, -0.2) is 4.79 Å². The highest BCUT2D eigenvalue weighted by Crippen LogP contribution is 2.40. The molecule has 1 fully saturated rings. The quantitative estimate of drug-likeness (QED) is 0.348. The van der Waals surface area contributed by atoms with E-state index < -0.39 is 18.0 Å². The molecule has 1 aromatic rings. The minimum absolute atomic E-state index is 0.0149. The number of carboxylic acid groups (broad SMARTS) is 2. The predicted octanol–water partition coefficient (Wildman–Crippen LogP) is -0.345. The fourth-order valence-corrected chi connectivity index (χ4v) is 5.14. The van der Waals surface area contributed by atoms with E-state index in [1.165, 1.54) is 28.4 Å². The van der Waals surface area contributed by atoms with Crippen molar-refractivity contribution < 1.29 is 24.6 Å². The lowest BCUT2D eigenvalue weighted by Crippen LogP contribution is -2.68. The molecule has 0 spiro atoms. The molecule has 1 amide bonds. The summed E-state index contributed by atoms with van der Waals surface area (Å²) in [5.41, 5.74) is 6.29. The number of amides is 1. The maximum Gasteiger partial charge on any atom is 0.352 e. The molecule has 0 aromatic carbocycles. The predicted molar refractivity (Wildman–Crippen MR) is 91.2 cm³/mol. The first kappa shape index (κ1) is 18.1. The Balaban J connectivity index is 1.68. The molecule has 2 aliphatic rings. The molecule has 3 rings (SSSR count). The molecule has 1 saturated heterocycles. The van der Waals surface area contributed by atoms with Gasteiger partial charge in [-0.05, 0) is 5.57 Å². The minimum Gasteiger partial charge on any atom is -0.481 e. The maximum absolute atomic E-state index is 11.9. The van der Waals surface area contributed by atoms with Gasteiger partial charge in [-0.1, -0.05) is 23.5 Å². The Kier molecular flexibility index (Phi) is 5.27. The van der Waals surface area contributed by atoms with Crippen molar-refractivity contribution in [1.82, 2.24) is 20.1 Å². The maximum atomic E-state index is 11.9. The summed E-state index contributed by atoms with van der Waals surface area (Å²) in [6, 6.07) is -0.657. The van der Waals surface area contributed by atoms with Crippen LogP contribution >= 0.6 is 35.3 Å². The van der Waals surface area contributed by atoms with Gasteiger partial charge >= 0.3 is 11.9 Å². The van der Waals surface area contributed by atoms with E-state index in [0.717, 1.165) is 11.8 Å². The van der Waals surface area contributed by atoms with E-state index in [1.807, 2.05) is 0 Å². The standard InChI is InChI=1S/C12H13N5O5S3/c13-6-8(20)17-7(10(21)22)4(1-23-9(6)17)2-24-11-14-12(16-15-11)25-3-5(18)19/h6,9H,1-3,13H2,(H,18,19)(H,21,22)(H,14,15,16)/t6?,9-/m0/s1. The normalized spacial score (nSPS) is 22.6. The number of nitrogens with two attached hydrogens (primary N) is 1. The highest BCUT2D eigenvalue weighted by atomic mass is 32.2. The van der Waals surface area contributed by atoms with Gasteiger partial charge in [0.25, 0.3) is 0 Å². The Morgan fingerprint density at radius 2 is 2.16 bits per heavy atom. The summed E-state index contributed by atoms with van der Waals surface area (Å²) in [6.07, 6.45) is 0. The van der Waals surface area contributed by atoms with Crippen LogP contribution in [-0.2, 0) is 14.4 Å². The molecule has 25 heavy (non-hydrogen) atoms. The highest BCUT2D eigenvalue weighted by molar-refractivity contribution is 8.01. The third-order valence-corrected chi connectivity index (χ3v) is 6.58. The summed E-state index contributed by atoms with van der Waals surface area (Å²) in [5, 5.41) is 25.1. The summed E-state index contributed by atoms with van der Waals surface area (Å²) in [5.74, 6) is -1.87. The van der Waals surface area contributed by atoms with Crippen LogP contribution in [0.5, 0.6) is 0 Å². The van der Waals surface area contributed by atoms with Gasteiger partial charge in [0.2, 0.25) is 11.1 Å². The molecule has 1 aromatic heterocycles. The third kappa shape index (κ3) is 3.63. The van der Waals surface area contributed by atoms with Crippen molar-refractivity contribution in [2.75, 3.05) is 17.3 Å². The molecule has 0 saturated carbocycles. The van der Waals surface area contributed by atoms with Crippen molar-refractivity contribution in [2.24, 2.45) is 5.73 Å². The summed E-state index contributed by atoms with van der Waals surface area (Å²) in [6.45, 7) is 0. The zero-order valence-corrected chi connectivity index (χ0v) is 15.0. The number of aromatic nitrogens is 3. The topological polar surface area (TPSA) is 162 Å². The number of aromatic amines is 1. The Morgan fingerprint density at radius 3 is 2.84 bits per heavy atom. The van der Waals surface area contributed by atoms with Crippen LogP contribution in [0.3, 0.4) is 0 Å². The lowest BCUT2D eigenvalue weighted by atomic mass is 10.0. The molecular weight excluding hydrogens is 390 g/mol. The lowest BCUT2D eigenvalue weighted by Gasteiger charge is -2.48. The average molecular weight is 403 g/mol. The van der Waals surface area contributed by atoms with Gasteiger partial charge < -0.3 is 15.9 Å². The van der Waals surface area contributed by atoms with Crippen molar-refractivity contribution in [2.45, 2.75) is 21.7 Å². The number of carbonyl (C=O) groups is 3. The molecular formula is C12H13N5O5S3. The Morgan fingerprint density at radius 1 is 1.40 bits per heavy atom. The van der Waals surface area contributed by atoms with E-state index in [2.05, 4.69) is 15.2 Å². The number of nitrogens with zero attached hydrogens (tertiary/aromatic N) is 3. The largest absolute Gasteiger partial charge is 0.481 e. The molecule has 134 valence electrons. The number of nitrogens with one attached hydrogen (secondary N) is 1. The molecule has 10 nitrogen and oxygen atoms in total. The molecule has 0 bridgehead atoms. The van der Waals surface area contributed by atoms with Crippen LogP contribution in [0.2, 0.25) is 0 Å². The molecule has 13 heteroatoms. The van der Waals surface area contributed by atoms with E-state index >= 15 is 0 Å². The number of hydrogen-bond donors (Lipinski definition) is 4. The number of hydrogen-bond acceptors (Lipinski definition) is 9. The van der Waals surface area contributed by atoms with Crippen LogP contribution in [0.1, 0.15) is 0 Å². The van der Waals surface area contributed by atoms with E-state index in [-0.39, 0.29) is 22.7 Å². The van der Waals surface area contributed by atoms with Crippen LogP contribution in [-0.4, -0.2) is 76.8 Å². The monoisotopic (exact) mass is 403 g/mol. The van der Waals surface area contributed by atoms with Crippen LogP contribution in [0.15, 0.2) is 21.6 Å². The van der Waals surface area contributed by atoms with Crippen LogP contribution in [0.4, 0.5) is 0 Å². The first-order valence-corrected chi connectivity index (χ1v) is 9.96. The van der Waals surface area contributed by atoms with Crippen molar-refractivity contribution in [3.8, 4) is 0 Å². The number of β-lactam (4-membered cyclic amide) rings is 1. The number of H-pyrrole nitrogens is 1. The van der Waals surface area contributed by atoms with Crippen molar-refractivity contribution in [3.63, 3.8) is 0 Å². The number of thioether (sulfide) groups is 3. The number of rotatable bonds is 7. The summed E-state index contributed by atoms with van der Waals surface area (Å²) in [4.78, 5) is 39.3. The Bertz CT molecular complexity index is 766. The van der Waals surface area contributed by atoms with Crippen LogP contribution in [0, 0.1) is 0 Å². The smallest absolute Gasteiger partial charge is 0.352 e. The minimum atomic E-state index is -1.16. The zero-order valence-electron chi connectivity index (χ0n) is 12.5. The Hall–Kier alpha value is -1.70. The second kappa shape index (κ2) is 7.27. The first-order valence-electron chi connectivity index (χ1n) is 6.94. The van der Waals surface area contributed by atoms with E-state index in [4.69, 9.17) is 10.8 Å². The molecule has 2 aliphatic heterocycles.